The Morgan fingerprint density at radius 1 is 1.35 bits per heavy atom. The molecule has 2 aliphatic carbocycles. The van der Waals surface area contributed by atoms with E-state index < -0.39 is 5.60 Å². The molecule has 1 aromatic carbocycles. The van der Waals surface area contributed by atoms with Crippen molar-refractivity contribution >= 4 is 17.8 Å². The van der Waals surface area contributed by atoms with Gasteiger partial charge in [-0.05, 0) is 98.1 Å². The van der Waals surface area contributed by atoms with Gasteiger partial charge in [-0.3, -0.25) is 0 Å². The summed E-state index contributed by atoms with van der Waals surface area (Å²) in [6, 6.07) is 6.47. The first-order chi connectivity index (χ1) is 14.8. The molecule has 1 aromatic heterocycles. The van der Waals surface area contributed by atoms with Gasteiger partial charge in [-0.15, -0.1) is 24.6 Å². The average molecular weight is 439 g/mol. The molecule has 4 rings (SSSR count). The van der Waals surface area contributed by atoms with Crippen LogP contribution in [0, 0.1) is 30.0 Å². The lowest BCUT2D eigenvalue weighted by Gasteiger charge is -2.51. The number of fused-ring (bicyclic) bond motifs is 2. The summed E-state index contributed by atoms with van der Waals surface area (Å²) in [5.74, 6) is -0.0903. The van der Waals surface area contributed by atoms with E-state index in [0.29, 0.717) is 0 Å². The Morgan fingerprint density at radius 2 is 2.03 bits per heavy atom. The van der Waals surface area contributed by atoms with Crippen LogP contribution in [0.25, 0.3) is 11.8 Å². The first kappa shape index (κ1) is 23.4. The van der Waals surface area contributed by atoms with E-state index in [1.165, 1.54) is 23.3 Å². The minimum absolute atomic E-state index is 0.0983. The minimum atomic E-state index is -0.846. The van der Waals surface area contributed by atoms with E-state index in [1.54, 1.807) is 23.9 Å². The van der Waals surface area contributed by atoms with Gasteiger partial charge in [0.2, 0.25) is 0 Å². The van der Waals surface area contributed by atoms with Gasteiger partial charge in [-0.25, -0.2) is 9.07 Å². The van der Waals surface area contributed by atoms with Crippen LogP contribution in [0.5, 0.6) is 0 Å². The van der Waals surface area contributed by atoms with Crippen LogP contribution in [0.3, 0.4) is 0 Å². The molecule has 0 saturated heterocycles. The van der Waals surface area contributed by atoms with E-state index in [4.69, 9.17) is 0 Å². The SMILES string of the molecule is C#C.CS/C=C(\C)C(C)(O)C1CCCC2=Cc3c(cnn3-c3ccc(F)cc3)CC21C. The molecule has 3 nitrogen and oxygen atoms in total. The maximum atomic E-state index is 13.3. The smallest absolute Gasteiger partial charge is 0.123 e. The fraction of sp³-hybridized carbons (Fsp3) is 0.423. The van der Waals surface area contributed by atoms with Gasteiger partial charge in [0.15, 0.2) is 0 Å². The second kappa shape index (κ2) is 9.06. The molecule has 1 saturated carbocycles. The first-order valence-electron chi connectivity index (χ1n) is 10.6. The summed E-state index contributed by atoms with van der Waals surface area (Å²) < 4.78 is 15.2. The lowest BCUT2D eigenvalue weighted by molar-refractivity contribution is -0.0323. The molecular formula is C26H31FN2OS. The second-order valence-corrected chi connectivity index (χ2v) is 9.54. The molecular weight excluding hydrogens is 407 g/mol. The summed E-state index contributed by atoms with van der Waals surface area (Å²) in [4.78, 5) is 0. The standard InChI is InChI=1S/C24H29FN2OS.C2H2/c1-16(15-29-4)24(3,28)22-7-5-6-18-12-21-17(13-23(18,22)2)14-26-27(21)20-10-8-19(25)9-11-20;1-2/h8-12,14-15,22,28H,5-7,13H2,1-4H3;1-2H/b16-15+;. The number of benzene rings is 1. The van der Waals surface area contributed by atoms with Crippen molar-refractivity contribution < 1.29 is 9.50 Å². The van der Waals surface area contributed by atoms with Crippen molar-refractivity contribution in [3.05, 3.63) is 64.1 Å². The number of thioether (sulfide) groups is 1. The van der Waals surface area contributed by atoms with Gasteiger partial charge in [-0.2, -0.15) is 5.10 Å². The Labute approximate surface area is 189 Å². The van der Waals surface area contributed by atoms with Crippen molar-refractivity contribution in [1.82, 2.24) is 9.78 Å². The van der Waals surface area contributed by atoms with Gasteiger partial charge < -0.3 is 5.11 Å². The molecule has 0 spiro atoms. The number of allylic oxidation sites excluding steroid dienone is 1. The van der Waals surface area contributed by atoms with Crippen LogP contribution in [-0.4, -0.2) is 26.7 Å². The Kier molecular flexibility index (Phi) is 6.83. The third-order valence-electron chi connectivity index (χ3n) is 7.04. The maximum absolute atomic E-state index is 13.3. The van der Waals surface area contributed by atoms with Crippen molar-refractivity contribution in [2.24, 2.45) is 11.3 Å². The quantitative estimate of drug-likeness (QED) is 0.593. The molecule has 31 heavy (non-hydrogen) atoms. The zero-order valence-corrected chi connectivity index (χ0v) is 19.5. The first-order valence-corrected chi connectivity index (χ1v) is 11.9. The Balaban J connectivity index is 0.00000132. The lowest BCUT2D eigenvalue weighted by Crippen LogP contribution is -2.49. The third kappa shape index (κ3) is 4.12. The molecule has 1 fully saturated rings. The topological polar surface area (TPSA) is 38.1 Å². The number of terminal acetylenes is 1. The predicted molar refractivity (Wildman–Crippen MR) is 128 cm³/mol. The van der Waals surface area contributed by atoms with Gasteiger partial charge >= 0.3 is 0 Å². The van der Waals surface area contributed by atoms with Crippen molar-refractivity contribution in [2.75, 3.05) is 6.26 Å². The summed E-state index contributed by atoms with van der Waals surface area (Å²) >= 11 is 1.64. The van der Waals surface area contributed by atoms with E-state index in [9.17, 15) is 9.50 Å². The number of nitrogens with zero attached hydrogens (tertiary/aromatic N) is 2. The van der Waals surface area contributed by atoms with E-state index >= 15 is 0 Å². The number of aliphatic hydroxyl groups is 1. The minimum Gasteiger partial charge on any atom is -0.385 e. The number of aromatic nitrogens is 2. The third-order valence-corrected chi connectivity index (χ3v) is 7.63. The summed E-state index contributed by atoms with van der Waals surface area (Å²) in [6.07, 6.45) is 18.2. The highest BCUT2D eigenvalue weighted by atomic mass is 32.2. The fourth-order valence-electron chi connectivity index (χ4n) is 5.30. The molecule has 2 aromatic rings. The van der Waals surface area contributed by atoms with Crippen LogP contribution in [0.1, 0.15) is 51.3 Å². The van der Waals surface area contributed by atoms with E-state index in [2.05, 4.69) is 36.4 Å². The number of hydrogen-bond donors (Lipinski definition) is 1. The van der Waals surface area contributed by atoms with Crippen molar-refractivity contribution in [2.45, 2.75) is 52.1 Å². The maximum Gasteiger partial charge on any atom is 0.123 e. The molecule has 1 N–H and O–H groups in total. The van der Waals surface area contributed by atoms with Crippen LogP contribution in [0.2, 0.25) is 0 Å². The van der Waals surface area contributed by atoms with Crippen LogP contribution in [0.4, 0.5) is 4.39 Å². The molecule has 0 bridgehead atoms. The van der Waals surface area contributed by atoms with Gasteiger partial charge in [-0.1, -0.05) is 12.5 Å². The van der Waals surface area contributed by atoms with Crippen molar-refractivity contribution in [1.29, 1.82) is 0 Å². The van der Waals surface area contributed by atoms with Crippen LogP contribution < -0.4 is 0 Å². The molecule has 3 atom stereocenters. The molecule has 164 valence electrons. The molecule has 0 radical (unpaired) electrons. The van der Waals surface area contributed by atoms with E-state index in [1.807, 2.05) is 31.0 Å². The predicted octanol–water partition coefficient (Wildman–Crippen LogP) is 6.02. The Morgan fingerprint density at radius 3 is 2.68 bits per heavy atom. The molecule has 1 heterocycles. The van der Waals surface area contributed by atoms with E-state index in [-0.39, 0.29) is 17.2 Å². The number of rotatable bonds is 4. The number of halogens is 1. The van der Waals surface area contributed by atoms with Crippen LogP contribution >= 0.6 is 11.8 Å². The molecule has 2 aliphatic rings. The van der Waals surface area contributed by atoms with Gasteiger partial charge in [0.05, 0.1) is 23.2 Å². The average Bonchev–Trinajstić information content (AvgIpc) is 3.15. The highest BCUT2D eigenvalue weighted by Crippen LogP contribution is 2.55. The monoisotopic (exact) mass is 438 g/mol. The molecule has 3 unspecified atom stereocenters. The zero-order valence-electron chi connectivity index (χ0n) is 18.7. The highest BCUT2D eigenvalue weighted by Gasteiger charge is 2.50. The summed E-state index contributed by atoms with van der Waals surface area (Å²) in [6.45, 7) is 6.33. The van der Waals surface area contributed by atoms with Gasteiger partial charge in [0.25, 0.3) is 0 Å². The Bertz CT molecular complexity index is 1020. The summed E-state index contributed by atoms with van der Waals surface area (Å²) in [7, 11) is 0. The summed E-state index contributed by atoms with van der Waals surface area (Å²) in [5, 5.41) is 18.2. The molecule has 0 aliphatic heterocycles. The zero-order chi connectivity index (χ0) is 22.8. The lowest BCUT2D eigenvalue weighted by atomic mass is 9.54. The largest absolute Gasteiger partial charge is 0.385 e. The fourth-order valence-corrected chi connectivity index (χ4v) is 5.89. The van der Waals surface area contributed by atoms with Crippen molar-refractivity contribution in [3.8, 4) is 18.5 Å². The van der Waals surface area contributed by atoms with Gasteiger partial charge in [0.1, 0.15) is 5.82 Å². The van der Waals surface area contributed by atoms with Crippen LogP contribution in [0.15, 0.2) is 47.0 Å². The highest BCUT2D eigenvalue weighted by molar-refractivity contribution is 8.01. The van der Waals surface area contributed by atoms with Gasteiger partial charge in [0, 0.05) is 5.92 Å². The summed E-state index contributed by atoms with van der Waals surface area (Å²) in [5.41, 5.74) is 4.62. The normalized spacial score (nSPS) is 24.7. The Hall–Kier alpha value is -2.29. The van der Waals surface area contributed by atoms with Crippen LogP contribution in [-0.2, 0) is 6.42 Å². The van der Waals surface area contributed by atoms with Crippen molar-refractivity contribution in [3.63, 3.8) is 0 Å². The second-order valence-electron chi connectivity index (χ2n) is 8.84. The molecule has 5 heteroatoms. The van der Waals surface area contributed by atoms with E-state index in [0.717, 1.165) is 42.6 Å². The number of hydrogen-bond acceptors (Lipinski definition) is 3. The molecule has 0 amide bonds.